The maximum absolute atomic E-state index is 11.1. The van der Waals surface area contributed by atoms with Crippen molar-refractivity contribution in [2.45, 2.75) is 26.9 Å². The largest absolute Gasteiger partial charge is 0.359 e. The quantitative estimate of drug-likeness (QED) is 0.558. The van der Waals surface area contributed by atoms with Gasteiger partial charge in [0.2, 0.25) is 0 Å². The van der Waals surface area contributed by atoms with E-state index in [0.717, 1.165) is 33.8 Å². The van der Waals surface area contributed by atoms with Crippen LogP contribution in [0.5, 0.6) is 0 Å². The van der Waals surface area contributed by atoms with Gasteiger partial charge < -0.3 is 5.32 Å². The van der Waals surface area contributed by atoms with Crippen LogP contribution in [0.25, 0.3) is 11.3 Å². The van der Waals surface area contributed by atoms with Crippen molar-refractivity contribution in [1.29, 1.82) is 0 Å². The molecule has 4 rings (SSSR count). The maximum atomic E-state index is 11.1. The molecule has 6 heteroatoms. The fourth-order valence-corrected chi connectivity index (χ4v) is 3.51. The minimum Gasteiger partial charge on any atom is -0.359 e. The summed E-state index contributed by atoms with van der Waals surface area (Å²) >= 11 is 0. The molecule has 126 valence electrons. The van der Waals surface area contributed by atoms with Crippen LogP contribution >= 0.6 is 0 Å². The molecule has 1 atom stereocenters. The highest BCUT2D eigenvalue weighted by Crippen LogP contribution is 2.41. The Balaban J connectivity index is 1.92. The minimum absolute atomic E-state index is 0.0798. The van der Waals surface area contributed by atoms with Crippen LogP contribution in [-0.2, 0) is 0 Å². The molecule has 1 unspecified atom stereocenters. The van der Waals surface area contributed by atoms with E-state index in [1.807, 2.05) is 17.7 Å². The Bertz CT molecular complexity index is 1010. The number of nitrogens with zero attached hydrogens (tertiary/aromatic N) is 3. The summed E-state index contributed by atoms with van der Waals surface area (Å²) < 4.78 is 1.91. The first-order valence-electron chi connectivity index (χ1n) is 8.12. The molecule has 0 amide bonds. The van der Waals surface area contributed by atoms with Crippen molar-refractivity contribution in [3.63, 3.8) is 0 Å². The number of nitrogens with one attached hydrogen (secondary N) is 1. The van der Waals surface area contributed by atoms with E-state index in [-0.39, 0.29) is 16.8 Å². The Kier molecular flexibility index (Phi) is 3.35. The first-order valence-corrected chi connectivity index (χ1v) is 8.12. The van der Waals surface area contributed by atoms with Gasteiger partial charge in [-0.05, 0) is 38.5 Å². The zero-order valence-electron chi connectivity index (χ0n) is 14.3. The van der Waals surface area contributed by atoms with Gasteiger partial charge in [0.25, 0.3) is 5.69 Å². The molecule has 0 saturated carbocycles. The van der Waals surface area contributed by atoms with Gasteiger partial charge in [0.05, 0.1) is 16.3 Å². The summed E-state index contributed by atoms with van der Waals surface area (Å²) in [6.45, 7) is 6.11. The molecule has 0 spiro atoms. The van der Waals surface area contributed by atoms with E-state index >= 15 is 0 Å². The third-order valence-electron chi connectivity index (χ3n) is 4.54. The SMILES string of the molecule is Cc1cc(C)c2c(c1)-c1cc(C)nn1C(c1cccc([N+](=O)[O-])c1)N2. The summed E-state index contributed by atoms with van der Waals surface area (Å²) in [6.07, 6.45) is -0.280. The van der Waals surface area contributed by atoms with Crippen LogP contribution < -0.4 is 5.32 Å². The third kappa shape index (κ3) is 2.46. The number of rotatable bonds is 2. The van der Waals surface area contributed by atoms with Gasteiger partial charge >= 0.3 is 0 Å². The lowest BCUT2D eigenvalue weighted by molar-refractivity contribution is -0.384. The average molecular weight is 334 g/mol. The lowest BCUT2D eigenvalue weighted by Crippen LogP contribution is -2.26. The summed E-state index contributed by atoms with van der Waals surface area (Å²) in [5.74, 6) is 0. The van der Waals surface area contributed by atoms with E-state index < -0.39 is 0 Å². The van der Waals surface area contributed by atoms with Crippen LogP contribution in [0, 0.1) is 30.9 Å². The number of hydrogen-bond donors (Lipinski definition) is 1. The number of aryl methyl sites for hydroxylation is 3. The predicted molar refractivity (Wildman–Crippen MR) is 96.7 cm³/mol. The molecule has 1 N–H and O–H groups in total. The van der Waals surface area contributed by atoms with Crippen molar-refractivity contribution < 1.29 is 4.92 Å². The van der Waals surface area contributed by atoms with Crippen LogP contribution in [0.15, 0.2) is 42.5 Å². The Morgan fingerprint density at radius 3 is 2.72 bits per heavy atom. The van der Waals surface area contributed by atoms with E-state index in [2.05, 4.69) is 42.5 Å². The van der Waals surface area contributed by atoms with E-state index in [1.165, 1.54) is 11.6 Å². The molecular weight excluding hydrogens is 316 g/mol. The van der Waals surface area contributed by atoms with Crippen molar-refractivity contribution in [3.8, 4) is 11.3 Å². The molecule has 1 aliphatic rings. The molecule has 2 aromatic carbocycles. The van der Waals surface area contributed by atoms with Crippen LogP contribution in [0.3, 0.4) is 0 Å². The fraction of sp³-hybridized carbons (Fsp3) is 0.211. The van der Waals surface area contributed by atoms with Crippen molar-refractivity contribution in [2.75, 3.05) is 5.32 Å². The molecule has 25 heavy (non-hydrogen) atoms. The molecule has 0 fully saturated rings. The fourth-order valence-electron chi connectivity index (χ4n) is 3.51. The number of nitro benzene ring substituents is 1. The van der Waals surface area contributed by atoms with Gasteiger partial charge in [0, 0.05) is 28.9 Å². The lowest BCUT2D eigenvalue weighted by Gasteiger charge is -2.30. The molecule has 6 nitrogen and oxygen atoms in total. The molecule has 0 aliphatic carbocycles. The standard InChI is InChI=1S/C19H18N4O2/c1-11-7-12(2)18-16(8-11)17-9-13(3)21-22(17)19(20-18)14-5-4-6-15(10-14)23(24)25/h4-10,19-20H,1-3H3. The monoisotopic (exact) mass is 334 g/mol. The van der Waals surface area contributed by atoms with Crippen molar-refractivity contribution in [2.24, 2.45) is 0 Å². The molecule has 2 heterocycles. The van der Waals surface area contributed by atoms with Crippen LogP contribution in [0.4, 0.5) is 11.4 Å². The number of non-ortho nitro benzene ring substituents is 1. The van der Waals surface area contributed by atoms with E-state index in [1.54, 1.807) is 12.1 Å². The van der Waals surface area contributed by atoms with Gasteiger partial charge in [-0.25, -0.2) is 4.68 Å². The first-order chi connectivity index (χ1) is 11.9. The van der Waals surface area contributed by atoms with Gasteiger partial charge in [-0.2, -0.15) is 5.10 Å². The third-order valence-corrected chi connectivity index (χ3v) is 4.54. The Hall–Kier alpha value is -3.15. The highest BCUT2D eigenvalue weighted by molar-refractivity contribution is 5.82. The van der Waals surface area contributed by atoms with Crippen LogP contribution in [0.1, 0.15) is 28.6 Å². The van der Waals surface area contributed by atoms with E-state index in [9.17, 15) is 10.1 Å². The summed E-state index contributed by atoms with van der Waals surface area (Å²) in [6, 6.07) is 13.0. The zero-order chi connectivity index (χ0) is 17.7. The van der Waals surface area contributed by atoms with Gasteiger partial charge in [-0.3, -0.25) is 10.1 Å². The smallest absolute Gasteiger partial charge is 0.269 e. The number of aromatic nitrogens is 2. The number of benzene rings is 2. The molecule has 0 saturated heterocycles. The number of anilines is 1. The molecule has 1 aromatic heterocycles. The second kappa shape index (κ2) is 5.44. The highest BCUT2D eigenvalue weighted by Gasteiger charge is 2.28. The van der Waals surface area contributed by atoms with Gasteiger partial charge in [0.1, 0.15) is 6.17 Å². The van der Waals surface area contributed by atoms with Gasteiger partial charge in [-0.1, -0.05) is 23.8 Å². The van der Waals surface area contributed by atoms with Gasteiger partial charge in [0.15, 0.2) is 0 Å². The second-order valence-electron chi connectivity index (χ2n) is 6.52. The minimum atomic E-state index is -0.371. The van der Waals surface area contributed by atoms with Crippen molar-refractivity contribution >= 4 is 11.4 Å². The Morgan fingerprint density at radius 2 is 1.96 bits per heavy atom. The zero-order valence-corrected chi connectivity index (χ0v) is 14.3. The number of nitro groups is 1. The topological polar surface area (TPSA) is 73.0 Å². The summed E-state index contributed by atoms with van der Waals surface area (Å²) in [5.41, 5.74) is 7.33. The maximum Gasteiger partial charge on any atom is 0.269 e. The molecule has 3 aromatic rings. The normalized spacial score (nSPS) is 15.2. The van der Waals surface area contributed by atoms with Crippen molar-refractivity contribution in [3.05, 3.63) is 75.0 Å². The van der Waals surface area contributed by atoms with Crippen LogP contribution in [-0.4, -0.2) is 14.7 Å². The summed E-state index contributed by atoms with van der Waals surface area (Å²) in [5, 5.41) is 19.3. The Morgan fingerprint density at radius 1 is 1.16 bits per heavy atom. The van der Waals surface area contributed by atoms with E-state index in [4.69, 9.17) is 0 Å². The second-order valence-corrected chi connectivity index (χ2v) is 6.52. The number of fused-ring (bicyclic) bond motifs is 3. The Labute approximate surface area is 145 Å². The lowest BCUT2D eigenvalue weighted by atomic mass is 9.98. The highest BCUT2D eigenvalue weighted by atomic mass is 16.6. The number of hydrogen-bond acceptors (Lipinski definition) is 4. The summed E-state index contributed by atoms with van der Waals surface area (Å²) in [4.78, 5) is 10.8. The summed E-state index contributed by atoms with van der Waals surface area (Å²) in [7, 11) is 0. The predicted octanol–water partition coefficient (Wildman–Crippen LogP) is 4.36. The molecule has 0 bridgehead atoms. The van der Waals surface area contributed by atoms with Crippen LogP contribution in [0.2, 0.25) is 0 Å². The molecular formula is C19H18N4O2. The van der Waals surface area contributed by atoms with Gasteiger partial charge in [-0.15, -0.1) is 0 Å². The van der Waals surface area contributed by atoms with E-state index in [0.29, 0.717) is 0 Å². The van der Waals surface area contributed by atoms with Crippen molar-refractivity contribution in [1.82, 2.24) is 9.78 Å². The molecule has 0 radical (unpaired) electrons. The first kappa shape index (κ1) is 15.4. The average Bonchev–Trinajstić information content (AvgIpc) is 2.96. The molecule has 1 aliphatic heterocycles.